The Bertz CT molecular complexity index is 7520. The SMILES string of the molecule is Cc1cc(NS(=O)(=O)c2ccc(C(C)(C)C)c(F)c2)n(-c2cccc3c2ccc(N)[n+]3O)n1.Cc1cc(NS(=O)(=O)c2ccc(C(C)(C)C)c(F)c2)n(-c2cccc3c2ccc[n+]3O)n1.Cc1cc(NS(=O)(=O)c2ccc(C(C)(C)C)c(F)c2)n(-c2cccc3nc(N)ccc23)n1.Cc1cc(NS(=O)(=O)c2ccc(C(C)(C)C)c(F)c2)n(-c2cccc3ncccc23)n1. The summed E-state index contributed by atoms with van der Waals surface area (Å²) in [6.45, 7) is 29.4. The largest absolute Gasteiger partial charge is 0.384 e. The Morgan fingerprint density at radius 1 is 0.344 bits per heavy atom. The van der Waals surface area contributed by atoms with Gasteiger partial charge in [-0.15, -0.1) is 0 Å². The number of sulfonamides is 4. The van der Waals surface area contributed by atoms with E-state index in [2.05, 4.69) is 49.3 Å². The van der Waals surface area contributed by atoms with Crippen molar-refractivity contribution in [3.63, 3.8) is 0 Å². The molecule has 664 valence electrons. The first-order valence-corrected chi connectivity index (χ1v) is 45.9. The van der Waals surface area contributed by atoms with Crippen LogP contribution in [0.2, 0.25) is 0 Å². The molecule has 0 fully saturated rings. The van der Waals surface area contributed by atoms with Crippen molar-refractivity contribution in [2.24, 2.45) is 0 Å². The van der Waals surface area contributed by atoms with Crippen molar-refractivity contribution in [2.45, 2.75) is 152 Å². The van der Waals surface area contributed by atoms with Crippen molar-refractivity contribution < 1.29 is 71.1 Å². The molecule has 10 N–H and O–H groups in total. The number of aromatic nitrogens is 12. The lowest BCUT2D eigenvalue weighted by atomic mass is 9.87. The standard InChI is InChI=1S/C23H24FN5O3S.C23H24FN5O2S.C23H24FN4O3S.C23H23FN4O2S/c1-14-12-22(27-33(31,32)15-8-10-17(18(24)13-15)23(2,3)4)28(26-14)19-6-5-7-20-16(19)9-11-21(25)29(20)30;1-14-12-22(28-32(30,31)15-8-10-17(18(24)13-15)23(2,3)4)29(27-14)20-7-5-6-19-16(20)9-11-21(25)26-19;1-15-13-22(26-32(30,31)16-10-11-18(19(24)14-16)23(2,3)4)28(25-15)21-9-5-8-20-17(21)7-6-12-27(20)29;1-15-13-22(28(26-15)21-9-5-8-20-17(21)7-6-12-25-20)27-31(29,30)16-10-11-18(19(24)14-16)23(2,3)4/h5-13,25,30H,1-4H3,(H,26,27);5-13,28H,1-4H3,(H2,25,26);5-14,26,29H,1-4H3;5-14,27H,1-4H3/q;;+1;/p+1. The van der Waals surface area contributed by atoms with Crippen LogP contribution in [0, 0.1) is 51.0 Å². The number of hydrogen-bond acceptors (Lipinski definition) is 18. The predicted molar refractivity (Wildman–Crippen MR) is 486 cm³/mol. The van der Waals surface area contributed by atoms with Gasteiger partial charge >= 0.3 is 5.82 Å². The molecule has 16 aromatic rings. The van der Waals surface area contributed by atoms with Gasteiger partial charge in [-0.05, 0) is 204 Å². The summed E-state index contributed by atoms with van der Waals surface area (Å²) in [4.78, 5) is 7.96. The number of aryl methyl sites for hydroxylation is 4. The van der Waals surface area contributed by atoms with Crippen molar-refractivity contribution in [1.29, 1.82) is 0 Å². The first-order chi connectivity index (χ1) is 59.9. The molecule has 8 heterocycles. The summed E-state index contributed by atoms with van der Waals surface area (Å²) in [5.74, 6) is -0.902. The average Bonchev–Trinajstić information content (AvgIpc) is 1.53. The monoisotopic (exact) mass is 1820 g/mol. The van der Waals surface area contributed by atoms with Gasteiger partial charge in [0.05, 0.1) is 86.9 Å². The molecule has 8 aromatic carbocycles. The maximum atomic E-state index is 14.7. The van der Waals surface area contributed by atoms with Gasteiger partial charge in [-0.1, -0.05) is 132 Å². The molecule has 0 spiro atoms. The van der Waals surface area contributed by atoms with E-state index in [4.69, 9.17) is 11.5 Å². The fraction of sp³-hybridized carbons (Fsp3) is 0.217. The number of nitrogen functional groups attached to an aromatic ring is 2. The number of nitrogens with two attached hydrogens (primary N) is 2. The summed E-state index contributed by atoms with van der Waals surface area (Å²) in [5, 5.41) is 41.0. The highest BCUT2D eigenvalue weighted by Crippen LogP contribution is 2.37. The number of rotatable bonds is 16. The normalized spacial score (nSPS) is 12.3. The van der Waals surface area contributed by atoms with Crippen LogP contribution in [-0.4, -0.2) is 93.2 Å². The van der Waals surface area contributed by atoms with Crippen LogP contribution in [0.1, 0.15) is 128 Å². The van der Waals surface area contributed by atoms with Crippen LogP contribution >= 0.6 is 0 Å². The van der Waals surface area contributed by atoms with Gasteiger partial charge in [0, 0.05) is 64.2 Å². The minimum absolute atomic E-state index is 0.150. The van der Waals surface area contributed by atoms with Gasteiger partial charge in [0.2, 0.25) is 6.20 Å². The Labute approximate surface area is 738 Å². The number of fused-ring (bicyclic) bond motifs is 4. The first-order valence-electron chi connectivity index (χ1n) is 40.0. The van der Waals surface area contributed by atoms with E-state index < -0.39 is 85.0 Å². The molecule has 0 unspecified atom stereocenters. The molecule has 16 rings (SSSR count). The molecule has 0 amide bonds. The molecule has 0 aliphatic carbocycles. The first kappa shape index (κ1) is 91.8. The Morgan fingerprint density at radius 2 is 0.648 bits per heavy atom. The van der Waals surface area contributed by atoms with E-state index in [1.807, 2.05) is 132 Å². The third kappa shape index (κ3) is 19.7. The third-order valence-electron chi connectivity index (χ3n) is 20.5. The Balaban J connectivity index is 0.000000146. The van der Waals surface area contributed by atoms with Crippen molar-refractivity contribution in [3.05, 3.63) is 299 Å². The van der Waals surface area contributed by atoms with Crippen LogP contribution < -0.4 is 39.8 Å². The average molecular weight is 1820 g/mol. The van der Waals surface area contributed by atoms with Crippen LogP contribution in [0.3, 0.4) is 0 Å². The van der Waals surface area contributed by atoms with Crippen molar-refractivity contribution in [1.82, 2.24) is 49.1 Å². The summed E-state index contributed by atoms with van der Waals surface area (Å²) in [7, 11) is -16.3. The van der Waals surface area contributed by atoms with Crippen molar-refractivity contribution in [2.75, 3.05) is 30.4 Å². The number of hydrogen-bond donors (Lipinski definition) is 8. The molecule has 0 aliphatic heterocycles. The van der Waals surface area contributed by atoms with E-state index in [-0.39, 0.29) is 48.7 Å². The van der Waals surface area contributed by atoms with Crippen LogP contribution in [0.15, 0.2) is 250 Å². The highest BCUT2D eigenvalue weighted by atomic mass is 32.2. The molecular formula is C92H96F4N18O10S4+2. The second-order valence-corrected chi connectivity index (χ2v) is 41.3. The second kappa shape index (κ2) is 34.8. The number of benzene rings is 8. The van der Waals surface area contributed by atoms with Gasteiger partial charge in [-0.3, -0.25) is 34.8 Å². The van der Waals surface area contributed by atoms with Gasteiger partial charge in [0.1, 0.15) is 52.4 Å². The molecule has 0 saturated carbocycles. The number of pyridine rings is 4. The topological polar surface area (TPSA) is 382 Å². The summed E-state index contributed by atoms with van der Waals surface area (Å²) in [6.07, 6.45) is 3.19. The lowest BCUT2D eigenvalue weighted by Gasteiger charge is -2.20. The van der Waals surface area contributed by atoms with Crippen LogP contribution in [0.4, 0.5) is 52.5 Å². The summed E-state index contributed by atoms with van der Waals surface area (Å²) in [6, 6.07) is 57.4. The number of halogens is 4. The van der Waals surface area contributed by atoms with E-state index in [1.54, 1.807) is 125 Å². The van der Waals surface area contributed by atoms with Gasteiger partial charge in [-0.25, -0.2) is 74.9 Å². The zero-order valence-electron chi connectivity index (χ0n) is 72.8. The van der Waals surface area contributed by atoms with Gasteiger partial charge in [0.15, 0.2) is 5.52 Å². The Kier molecular flexibility index (Phi) is 25.0. The summed E-state index contributed by atoms with van der Waals surface area (Å²) < 4.78 is 181. The molecule has 28 nitrogen and oxygen atoms in total. The quantitative estimate of drug-likeness (QED) is 0.0253. The maximum absolute atomic E-state index is 14.7. The van der Waals surface area contributed by atoms with Gasteiger partial charge < -0.3 is 10.9 Å². The highest BCUT2D eigenvalue weighted by molar-refractivity contribution is 7.93. The fourth-order valence-corrected chi connectivity index (χ4v) is 18.5. The van der Waals surface area contributed by atoms with Crippen LogP contribution in [0.25, 0.3) is 66.4 Å². The molecule has 0 atom stereocenters. The zero-order valence-corrected chi connectivity index (χ0v) is 76.0. The van der Waals surface area contributed by atoms with Gasteiger partial charge in [0.25, 0.3) is 45.6 Å². The molecule has 36 heteroatoms. The van der Waals surface area contributed by atoms with Crippen molar-refractivity contribution >= 4 is 119 Å². The minimum Gasteiger partial charge on any atom is -0.384 e. The zero-order chi connectivity index (χ0) is 93.0. The molecule has 8 aromatic heterocycles. The summed E-state index contributed by atoms with van der Waals surface area (Å²) >= 11 is 0. The van der Waals surface area contributed by atoms with E-state index >= 15 is 0 Å². The Morgan fingerprint density at radius 3 is 1.00 bits per heavy atom. The highest BCUT2D eigenvalue weighted by Gasteiger charge is 2.31. The van der Waals surface area contributed by atoms with Crippen molar-refractivity contribution in [3.8, 4) is 22.7 Å². The number of nitrogens with zero attached hydrogens (tertiary/aromatic N) is 12. The molecule has 128 heavy (non-hydrogen) atoms. The third-order valence-corrected chi connectivity index (χ3v) is 25.9. The lowest BCUT2D eigenvalue weighted by molar-refractivity contribution is -0.884. The Hall–Kier alpha value is -13.8. The maximum Gasteiger partial charge on any atom is 0.312 e. The van der Waals surface area contributed by atoms with E-state index in [1.165, 1.54) is 79.5 Å². The lowest BCUT2D eigenvalue weighted by Crippen LogP contribution is -2.34. The van der Waals surface area contributed by atoms with E-state index in [0.29, 0.717) is 101 Å². The molecule has 0 bridgehead atoms. The smallest absolute Gasteiger partial charge is 0.312 e. The van der Waals surface area contributed by atoms with Gasteiger partial charge in [-0.2, -0.15) is 20.4 Å². The predicted octanol–water partition coefficient (Wildman–Crippen LogP) is 17.3. The second-order valence-electron chi connectivity index (χ2n) is 34.6. The van der Waals surface area contributed by atoms with E-state index in [0.717, 1.165) is 50.0 Å². The number of anilines is 6. The minimum atomic E-state index is -4.11. The van der Waals surface area contributed by atoms with Crippen LogP contribution in [-0.2, 0) is 61.8 Å². The van der Waals surface area contributed by atoms with Crippen LogP contribution in [0.5, 0.6) is 0 Å². The van der Waals surface area contributed by atoms with E-state index in [9.17, 15) is 61.6 Å². The fourth-order valence-electron chi connectivity index (χ4n) is 14.4. The summed E-state index contributed by atoms with van der Waals surface area (Å²) in [5.41, 5.74) is 18.7. The molecular weight excluding hydrogens is 1720 g/mol. The molecule has 0 saturated heterocycles. The molecule has 0 radical (unpaired) electrons. The number of nitrogens with one attached hydrogen (secondary N) is 4. The molecule has 0 aliphatic rings.